The van der Waals surface area contributed by atoms with Crippen LogP contribution in [0.25, 0.3) is 0 Å². The Morgan fingerprint density at radius 1 is 1.14 bits per heavy atom. The molecule has 0 aliphatic carbocycles. The van der Waals surface area contributed by atoms with E-state index in [4.69, 9.17) is 10.8 Å². The van der Waals surface area contributed by atoms with Crippen molar-refractivity contribution in [2.75, 3.05) is 17.2 Å². The minimum Gasteiger partial charge on any atom is -0.480 e. The topological polar surface area (TPSA) is 83.6 Å². The largest absolute Gasteiger partial charge is 0.480 e. The van der Waals surface area contributed by atoms with Crippen LogP contribution in [-0.4, -0.2) is 23.5 Å². The molecule has 5 nitrogen and oxygen atoms in total. The molecule has 0 saturated carbocycles. The van der Waals surface area contributed by atoms with E-state index in [1.54, 1.807) is 42.5 Å². The lowest BCUT2D eigenvalue weighted by molar-refractivity contribution is -0.135. The van der Waals surface area contributed by atoms with Crippen LogP contribution >= 0.6 is 15.9 Å². The monoisotopic (exact) mass is 348 g/mol. The van der Waals surface area contributed by atoms with Crippen LogP contribution in [0.1, 0.15) is 10.4 Å². The summed E-state index contributed by atoms with van der Waals surface area (Å²) in [7, 11) is 0. The second kappa shape index (κ2) is 6.41. The van der Waals surface area contributed by atoms with Gasteiger partial charge in [0.05, 0.1) is 0 Å². The number of aliphatic carboxylic acids is 1. The molecule has 2 rings (SSSR count). The van der Waals surface area contributed by atoms with Crippen molar-refractivity contribution in [3.8, 4) is 0 Å². The first kappa shape index (κ1) is 15.1. The standard InChI is InChI=1S/C15H13BrN2O3/c16-12-7-6-10(8-13(12)17)15(21)18(9-14(19)20)11-4-2-1-3-5-11/h1-8H,9,17H2,(H,19,20). The highest BCUT2D eigenvalue weighted by Gasteiger charge is 2.20. The van der Waals surface area contributed by atoms with E-state index in [9.17, 15) is 9.59 Å². The summed E-state index contributed by atoms with van der Waals surface area (Å²) in [6.45, 7) is -0.418. The molecule has 0 saturated heterocycles. The summed E-state index contributed by atoms with van der Waals surface area (Å²) >= 11 is 3.26. The van der Waals surface area contributed by atoms with Crippen molar-refractivity contribution in [3.05, 3.63) is 58.6 Å². The van der Waals surface area contributed by atoms with E-state index >= 15 is 0 Å². The van der Waals surface area contributed by atoms with Gasteiger partial charge in [0.15, 0.2) is 0 Å². The number of carboxylic acids is 1. The van der Waals surface area contributed by atoms with Gasteiger partial charge in [0, 0.05) is 21.4 Å². The number of carboxylic acid groups (broad SMARTS) is 1. The Kier molecular flexibility index (Phi) is 4.59. The zero-order valence-electron chi connectivity index (χ0n) is 11.0. The van der Waals surface area contributed by atoms with Gasteiger partial charge in [0.1, 0.15) is 6.54 Å². The summed E-state index contributed by atoms with van der Waals surface area (Å²) in [4.78, 5) is 24.7. The molecule has 6 heteroatoms. The molecule has 0 aliphatic heterocycles. The number of halogens is 1. The summed E-state index contributed by atoms with van der Waals surface area (Å²) in [5, 5.41) is 9.01. The zero-order valence-corrected chi connectivity index (χ0v) is 12.6. The van der Waals surface area contributed by atoms with Crippen molar-refractivity contribution in [3.63, 3.8) is 0 Å². The quantitative estimate of drug-likeness (QED) is 0.832. The molecule has 2 aromatic carbocycles. The summed E-state index contributed by atoms with van der Waals surface area (Å²) in [6, 6.07) is 13.4. The average molecular weight is 349 g/mol. The maximum absolute atomic E-state index is 12.5. The van der Waals surface area contributed by atoms with Crippen molar-refractivity contribution in [2.24, 2.45) is 0 Å². The van der Waals surface area contributed by atoms with Gasteiger partial charge >= 0.3 is 5.97 Å². The normalized spacial score (nSPS) is 10.1. The van der Waals surface area contributed by atoms with Crippen LogP contribution in [-0.2, 0) is 4.79 Å². The molecular weight excluding hydrogens is 336 g/mol. The third-order valence-corrected chi connectivity index (χ3v) is 3.57. The van der Waals surface area contributed by atoms with Gasteiger partial charge in [0.2, 0.25) is 0 Å². The lowest BCUT2D eigenvalue weighted by Crippen LogP contribution is -2.35. The van der Waals surface area contributed by atoms with Crippen LogP contribution in [0.2, 0.25) is 0 Å². The van der Waals surface area contributed by atoms with E-state index < -0.39 is 18.4 Å². The summed E-state index contributed by atoms with van der Waals surface area (Å²) in [5.74, 6) is -1.50. The number of amides is 1. The minimum atomic E-state index is -1.09. The van der Waals surface area contributed by atoms with E-state index in [0.29, 0.717) is 21.4 Å². The second-order valence-corrected chi connectivity index (χ2v) is 5.21. The lowest BCUT2D eigenvalue weighted by Gasteiger charge is -2.21. The Bertz CT molecular complexity index is 674. The predicted molar refractivity (Wildman–Crippen MR) is 84.3 cm³/mol. The molecule has 0 unspecified atom stereocenters. The number of para-hydroxylation sites is 1. The summed E-state index contributed by atoms with van der Waals surface area (Å²) < 4.78 is 0.684. The van der Waals surface area contributed by atoms with Gasteiger partial charge in [0.25, 0.3) is 5.91 Å². The molecular formula is C15H13BrN2O3. The fraction of sp³-hybridized carbons (Fsp3) is 0.0667. The van der Waals surface area contributed by atoms with Gasteiger partial charge < -0.3 is 10.8 Å². The molecule has 0 radical (unpaired) electrons. The van der Waals surface area contributed by atoms with E-state index in [2.05, 4.69) is 15.9 Å². The highest BCUT2D eigenvalue weighted by atomic mass is 79.9. The van der Waals surface area contributed by atoms with Crippen LogP contribution in [0, 0.1) is 0 Å². The van der Waals surface area contributed by atoms with Crippen molar-refractivity contribution in [2.45, 2.75) is 0 Å². The van der Waals surface area contributed by atoms with Gasteiger partial charge in [-0.05, 0) is 46.3 Å². The smallest absolute Gasteiger partial charge is 0.323 e. The van der Waals surface area contributed by atoms with E-state index in [1.165, 1.54) is 11.0 Å². The first-order chi connectivity index (χ1) is 9.99. The fourth-order valence-electron chi connectivity index (χ4n) is 1.86. The number of benzene rings is 2. The Morgan fingerprint density at radius 2 is 1.81 bits per heavy atom. The number of nitrogens with zero attached hydrogens (tertiary/aromatic N) is 1. The molecule has 108 valence electrons. The van der Waals surface area contributed by atoms with Crippen LogP contribution < -0.4 is 10.6 Å². The number of carbonyl (C=O) groups is 2. The van der Waals surface area contributed by atoms with Gasteiger partial charge in [-0.2, -0.15) is 0 Å². The van der Waals surface area contributed by atoms with E-state index in [-0.39, 0.29) is 0 Å². The van der Waals surface area contributed by atoms with Crippen LogP contribution in [0.15, 0.2) is 53.0 Å². The van der Waals surface area contributed by atoms with Crippen molar-refractivity contribution < 1.29 is 14.7 Å². The Morgan fingerprint density at radius 3 is 2.38 bits per heavy atom. The van der Waals surface area contributed by atoms with Crippen LogP contribution in [0.5, 0.6) is 0 Å². The number of nitrogen functional groups attached to an aromatic ring is 1. The molecule has 3 N–H and O–H groups in total. The van der Waals surface area contributed by atoms with Gasteiger partial charge in [-0.25, -0.2) is 0 Å². The molecule has 0 heterocycles. The first-order valence-corrected chi connectivity index (χ1v) is 6.92. The number of carbonyl (C=O) groups excluding carboxylic acids is 1. The van der Waals surface area contributed by atoms with Crippen molar-refractivity contribution >= 4 is 39.2 Å². The Labute approximate surface area is 130 Å². The van der Waals surface area contributed by atoms with E-state index in [0.717, 1.165) is 0 Å². The number of nitrogens with two attached hydrogens (primary N) is 1. The molecule has 21 heavy (non-hydrogen) atoms. The first-order valence-electron chi connectivity index (χ1n) is 6.13. The number of anilines is 2. The number of rotatable bonds is 4. The highest BCUT2D eigenvalue weighted by molar-refractivity contribution is 9.10. The molecule has 0 bridgehead atoms. The average Bonchev–Trinajstić information content (AvgIpc) is 2.47. The van der Waals surface area contributed by atoms with Crippen LogP contribution in [0.3, 0.4) is 0 Å². The molecule has 0 fully saturated rings. The number of hydrogen-bond donors (Lipinski definition) is 2. The Hall–Kier alpha value is -2.34. The van der Waals surface area contributed by atoms with Gasteiger partial charge in [-0.1, -0.05) is 18.2 Å². The maximum atomic E-state index is 12.5. The van der Waals surface area contributed by atoms with E-state index in [1.807, 2.05) is 0 Å². The zero-order chi connectivity index (χ0) is 15.4. The van der Waals surface area contributed by atoms with Crippen molar-refractivity contribution in [1.29, 1.82) is 0 Å². The summed E-state index contributed by atoms with van der Waals surface area (Å²) in [6.07, 6.45) is 0. The third kappa shape index (κ3) is 3.61. The Balaban J connectivity index is 2.38. The molecule has 2 aromatic rings. The highest BCUT2D eigenvalue weighted by Crippen LogP contribution is 2.23. The molecule has 0 aliphatic rings. The van der Waals surface area contributed by atoms with Gasteiger partial charge in [-0.3, -0.25) is 14.5 Å². The number of hydrogen-bond acceptors (Lipinski definition) is 3. The molecule has 0 aromatic heterocycles. The molecule has 1 amide bonds. The molecule has 0 spiro atoms. The van der Waals surface area contributed by atoms with Crippen LogP contribution in [0.4, 0.5) is 11.4 Å². The lowest BCUT2D eigenvalue weighted by atomic mass is 10.1. The maximum Gasteiger partial charge on any atom is 0.323 e. The second-order valence-electron chi connectivity index (χ2n) is 4.36. The van der Waals surface area contributed by atoms with Gasteiger partial charge in [-0.15, -0.1) is 0 Å². The third-order valence-electron chi connectivity index (χ3n) is 2.85. The van der Waals surface area contributed by atoms with Crippen molar-refractivity contribution in [1.82, 2.24) is 0 Å². The minimum absolute atomic E-state index is 0.334. The predicted octanol–water partition coefficient (Wildman–Crippen LogP) is 2.76. The SMILES string of the molecule is Nc1cc(C(=O)N(CC(=O)O)c2ccccc2)ccc1Br. The summed E-state index contributed by atoms with van der Waals surface area (Å²) in [5.41, 5.74) is 7.04. The molecule has 0 atom stereocenters. The fourth-order valence-corrected chi connectivity index (χ4v) is 2.10.